The molecule has 0 aliphatic carbocycles. The van der Waals surface area contributed by atoms with E-state index in [1.54, 1.807) is 7.11 Å². The van der Waals surface area contributed by atoms with Gasteiger partial charge in [-0.25, -0.2) is 0 Å². The number of rotatable bonds is 5. The Bertz CT molecular complexity index is 210. The second-order valence-corrected chi connectivity index (χ2v) is 5.16. The zero-order valence-electron chi connectivity index (χ0n) is 11.1. The molecule has 0 aromatic rings. The van der Waals surface area contributed by atoms with Gasteiger partial charge in [0.2, 0.25) is 0 Å². The molecule has 0 saturated heterocycles. The van der Waals surface area contributed by atoms with Crippen molar-refractivity contribution in [3.63, 3.8) is 0 Å². The Balaban J connectivity index is 4.71. The Morgan fingerprint density at radius 3 is 2.00 bits per heavy atom. The second kappa shape index (κ2) is 5.50. The lowest BCUT2D eigenvalue weighted by Gasteiger charge is -2.34. The number of amides is 1. The summed E-state index contributed by atoms with van der Waals surface area (Å²) < 4.78 is 5.22. The van der Waals surface area contributed by atoms with Crippen molar-refractivity contribution in [1.82, 2.24) is 4.90 Å². The molecule has 0 saturated carbocycles. The molecule has 90 valence electrons. The van der Waals surface area contributed by atoms with Crippen molar-refractivity contribution >= 4 is 5.91 Å². The molecule has 1 amide bonds. The monoisotopic (exact) mass is 215 g/mol. The van der Waals surface area contributed by atoms with Crippen molar-refractivity contribution in [2.24, 2.45) is 5.92 Å². The summed E-state index contributed by atoms with van der Waals surface area (Å²) in [5.41, 5.74) is -0.723. The van der Waals surface area contributed by atoms with Crippen LogP contribution in [0.3, 0.4) is 0 Å². The quantitative estimate of drug-likeness (QED) is 0.704. The van der Waals surface area contributed by atoms with Crippen LogP contribution < -0.4 is 0 Å². The van der Waals surface area contributed by atoms with Gasteiger partial charge in [-0.2, -0.15) is 0 Å². The summed E-state index contributed by atoms with van der Waals surface area (Å²) in [6, 6.07) is 0.217. The van der Waals surface area contributed by atoms with Crippen molar-refractivity contribution in [3.8, 4) is 0 Å². The van der Waals surface area contributed by atoms with E-state index in [2.05, 4.69) is 13.8 Å². The third-order valence-electron chi connectivity index (χ3n) is 2.47. The van der Waals surface area contributed by atoms with Gasteiger partial charge in [0, 0.05) is 19.7 Å². The molecule has 0 rings (SSSR count). The van der Waals surface area contributed by atoms with E-state index in [1.165, 1.54) is 0 Å². The summed E-state index contributed by atoms with van der Waals surface area (Å²) in [6.07, 6.45) is 0. The number of ether oxygens (including phenoxy) is 1. The first-order valence-corrected chi connectivity index (χ1v) is 5.58. The van der Waals surface area contributed by atoms with Gasteiger partial charge >= 0.3 is 0 Å². The Morgan fingerprint density at radius 1 is 1.27 bits per heavy atom. The van der Waals surface area contributed by atoms with Gasteiger partial charge in [0.1, 0.15) is 5.60 Å². The fraction of sp³-hybridized carbons (Fsp3) is 0.917. The van der Waals surface area contributed by atoms with Gasteiger partial charge in [0.25, 0.3) is 5.91 Å². The highest BCUT2D eigenvalue weighted by atomic mass is 16.5. The van der Waals surface area contributed by atoms with Crippen molar-refractivity contribution in [3.05, 3.63) is 0 Å². The molecule has 0 unspecified atom stereocenters. The number of hydrogen-bond donors (Lipinski definition) is 0. The average molecular weight is 215 g/mol. The molecule has 15 heavy (non-hydrogen) atoms. The van der Waals surface area contributed by atoms with Crippen LogP contribution in [-0.4, -0.2) is 36.1 Å². The first kappa shape index (κ1) is 14.4. The molecule has 0 fully saturated rings. The van der Waals surface area contributed by atoms with Crippen LogP contribution in [-0.2, 0) is 9.53 Å². The van der Waals surface area contributed by atoms with E-state index in [9.17, 15) is 4.79 Å². The van der Waals surface area contributed by atoms with E-state index < -0.39 is 5.60 Å². The fourth-order valence-electron chi connectivity index (χ4n) is 1.35. The highest BCUT2D eigenvalue weighted by Gasteiger charge is 2.33. The minimum absolute atomic E-state index is 0.0636. The van der Waals surface area contributed by atoms with Crippen LogP contribution in [0, 0.1) is 5.92 Å². The SMILES string of the molecule is COC(C)(C)C(=O)N(CC(C)C)C(C)C. The Labute approximate surface area is 93.8 Å². The number of hydrogen-bond acceptors (Lipinski definition) is 2. The first-order chi connectivity index (χ1) is 6.72. The summed E-state index contributed by atoms with van der Waals surface area (Å²) in [5, 5.41) is 0. The zero-order valence-corrected chi connectivity index (χ0v) is 11.1. The van der Waals surface area contributed by atoms with E-state index in [0.717, 1.165) is 6.54 Å². The molecule has 0 spiro atoms. The van der Waals surface area contributed by atoms with Gasteiger partial charge in [-0.1, -0.05) is 13.8 Å². The standard InChI is InChI=1S/C12H25NO2/c1-9(2)8-13(10(3)4)11(14)12(5,6)15-7/h9-10H,8H2,1-7H3. The summed E-state index contributed by atoms with van der Waals surface area (Å²) >= 11 is 0. The van der Waals surface area contributed by atoms with E-state index in [-0.39, 0.29) is 11.9 Å². The minimum Gasteiger partial charge on any atom is -0.369 e. The average Bonchev–Trinajstić information content (AvgIpc) is 2.12. The van der Waals surface area contributed by atoms with Crippen LogP contribution >= 0.6 is 0 Å². The van der Waals surface area contributed by atoms with E-state index in [0.29, 0.717) is 5.92 Å². The lowest BCUT2D eigenvalue weighted by atomic mass is 10.1. The zero-order chi connectivity index (χ0) is 12.2. The number of nitrogens with zero attached hydrogens (tertiary/aromatic N) is 1. The molecule has 0 bridgehead atoms. The van der Waals surface area contributed by atoms with Gasteiger partial charge in [0.15, 0.2) is 0 Å². The molecule has 0 aromatic heterocycles. The normalized spacial score (nSPS) is 12.3. The van der Waals surface area contributed by atoms with Crippen LogP contribution in [0.1, 0.15) is 41.5 Å². The van der Waals surface area contributed by atoms with Crippen molar-refractivity contribution in [2.75, 3.05) is 13.7 Å². The lowest BCUT2D eigenvalue weighted by molar-refractivity contribution is -0.153. The molecule has 0 radical (unpaired) electrons. The van der Waals surface area contributed by atoms with Crippen LogP contribution in [0.2, 0.25) is 0 Å². The van der Waals surface area contributed by atoms with Crippen LogP contribution in [0.15, 0.2) is 0 Å². The fourth-order valence-corrected chi connectivity index (χ4v) is 1.35. The third kappa shape index (κ3) is 4.20. The molecular formula is C12H25NO2. The van der Waals surface area contributed by atoms with Gasteiger partial charge in [-0.3, -0.25) is 4.79 Å². The molecule has 0 aromatic carbocycles. The predicted octanol–water partition coefficient (Wildman–Crippen LogP) is 2.30. The smallest absolute Gasteiger partial charge is 0.254 e. The number of carbonyl (C=O) groups excluding carboxylic acids is 1. The highest BCUT2D eigenvalue weighted by molar-refractivity contribution is 5.84. The van der Waals surface area contributed by atoms with Gasteiger partial charge in [-0.05, 0) is 33.6 Å². The Hall–Kier alpha value is -0.570. The molecule has 3 nitrogen and oxygen atoms in total. The van der Waals surface area contributed by atoms with E-state index >= 15 is 0 Å². The molecular weight excluding hydrogens is 190 g/mol. The molecule has 0 heterocycles. The van der Waals surface area contributed by atoms with Gasteiger partial charge in [0.05, 0.1) is 0 Å². The summed E-state index contributed by atoms with van der Waals surface area (Å²) in [7, 11) is 1.58. The first-order valence-electron chi connectivity index (χ1n) is 5.58. The maximum atomic E-state index is 12.2. The van der Waals surface area contributed by atoms with Crippen molar-refractivity contribution < 1.29 is 9.53 Å². The third-order valence-corrected chi connectivity index (χ3v) is 2.47. The summed E-state index contributed by atoms with van der Waals surface area (Å²) in [4.78, 5) is 14.1. The Morgan fingerprint density at radius 2 is 1.73 bits per heavy atom. The summed E-state index contributed by atoms with van der Waals surface area (Å²) in [6.45, 7) is 12.7. The molecule has 0 aliphatic heterocycles. The van der Waals surface area contributed by atoms with Crippen molar-refractivity contribution in [2.45, 2.75) is 53.2 Å². The predicted molar refractivity (Wildman–Crippen MR) is 62.8 cm³/mol. The van der Waals surface area contributed by atoms with Crippen molar-refractivity contribution in [1.29, 1.82) is 0 Å². The van der Waals surface area contributed by atoms with E-state index in [1.807, 2.05) is 32.6 Å². The Kier molecular flexibility index (Phi) is 5.29. The largest absolute Gasteiger partial charge is 0.369 e. The summed E-state index contributed by atoms with van der Waals surface area (Å²) in [5.74, 6) is 0.540. The topological polar surface area (TPSA) is 29.5 Å². The molecule has 0 aliphatic rings. The second-order valence-electron chi connectivity index (χ2n) is 5.16. The van der Waals surface area contributed by atoms with E-state index in [4.69, 9.17) is 4.74 Å². The maximum absolute atomic E-state index is 12.2. The van der Waals surface area contributed by atoms with Crippen LogP contribution in [0.4, 0.5) is 0 Å². The lowest BCUT2D eigenvalue weighted by Crippen LogP contribution is -2.50. The van der Waals surface area contributed by atoms with Crippen LogP contribution in [0.5, 0.6) is 0 Å². The molecule has 0 N–H and O–H groups in total. The maximum Gasteiger partial charge on any atom is 0.254 e. The molecule has 0 atom stereocenters. The van der Waals surface area contributed by atoms with Crippen LogP contribution in [0.25, 0.3) is 0 Å². The van der Waals surface area contributed by atoms with Gasteiger partial charge in [-0.15, -0.1) is 0 Å². The highest BCUT2D eigenvalue weighted by Crippen LogP contribution is 2.16. The minimum atomic E-state index is -0.723. The molecule has 3 heteroatoms. The number of carbonyl (C=O) groups is 1. The van der Waals surface area contributed by atoms with Gasteiger partial charge < -0.3 is 9.64 Å². The number of methoxy groups -OCH3 is 1.